The van der Waals surface area contributed by atoms with Gasteiger partial charge >= 0.3 is 5.97 Å². The van der Waals surface area contributed by atoms with Crippen LogP contribution in [-0.4, -0.2) is 179 Å². The molecule has 0 N–H and O–H groups in total. The lowest BCUT2D eigenvalue weighted by atomic mass is 9.83. The van der Waals surface area contributed by atoms with E-state index in [1.165, 1.54) is 0 Å². The highest BCUT2D eigenvalue weighted by molar-refractivity contribution is 5.85. The maximum absolute atomic E-state index is 13.8. The van der Waals surface area contributed by atoms with E-state index < -0.39 is 11.2 Å². The van der Waals surface area contributed by atoms with E-state index in [9.17, 15) is 14.4 Å². The Bertz CT molecular complexity index is 5470. The molecule has 0 fully saturated rings. The topological polar surface area (TPSA) is 320 Å². The van der Waals surface area contributed by atoms with Crippen molar-refractivity contribution in [3.05, 3.63) is 199 Å². The molecule has 8 aromatic heterocycles. The van der Waals surface area contributed by atoms with Gasteiger partial charge in [-0.15, -0.1) is 20.4 Å². The zero-order valence-electron chi connectivity index (χ0n) is 77.9. The van der Waals surface area contributed by atoms with Crippen LogP contribution in [0, 0.1) is 21.7 Å². The van der Waals surface area contributed by atoms with E-state index >= 15 is 0 Å². The summed E-state index contributed by atoms with van der Waals surface area (Å²) >= 11 is 0. The first-order chi connectivity index (χ1) is 62.1. The molecule has 0 spiro atoms. The van der Waals surface area contributed by atoms with Crippen molar-refractivity contribution in [3.8, 4) is 22.8 Å². The fourth-order valence-corrected chi connectivity index (χ4v) is 17.4. The van der Waals surface area contributed by atoms with Crippen LogP contribution in [0.3, 0.4) is 0 Å². The molecule has 1 unspecified atom stereocenters. The van der Waals surface area contributed by atoms with Gasteiger partial charge in [-0.3, -0.25) is 28.4 Å². The van der Waals surface area contributed by atoms with Crippen LogP contribution in [0.1, 0.15) is 216 Å². The lowest BCUT2D eigenvalue weighted by Gasteiger charge is -2.39. The number of ether oxygens (including phenoxy) is 12. The van der Waals surface area contributed by atoms with Crippen LogP contribution in [0.5, 0.6) is 0 Å². The number of esters is 1. The second-order valence-electron chi connectivity index (χ2n) is 34.6. The van der Waals surface area contributed by atoms with Crippen molar-refractivity contribution in [1.82, 2.24) is 79.1 Å². The summed E-state index contributed by atoms with van der Waals surface area (Å²) in [4.78, 5) is 50.8. The molecule has 31 heteroatoms. The van der Waals surface area contributed by atoms with Crippen molar-refractivity contribution in [2.45, 2.75) is 250 Å². The van der Waals surface area contributed by atoms with Gasteiger partial charge in [-0.1, -0.05) is 139 Å². The number of benzene rings is 2. The zero-order chi connectivity index (χ0) is 91.1. The van der Waals surface area contributed by atoms with Crippen LogP contribution in [0.15, 0.2) is 132 Å². The molecular formula is C97H134N16O15. The van der Waals surface area contributed by atoms with Crippen molar-refractivity contribution >= 4 is 27.8 Å². The molecule has 14 rings (SSSR count). The van der Waals surface area contributed by atoms with E-state index in [2.05, 4.69) is 122 Å². The molecule has 0 saturated carbocycles. The van der Waals surface area contributed by atoms with Gasteiger partial charge in [-0.05, 0) is 121 Å². The third-order valence-corrected chi connectivity index (χ3v) is 26.6. The Kier molecular flexibility index (Phi) is 34.1. The molecule has 2 aromatic carbocycles. The SMILES string of the molecule is C=C1OCc2c(cc3n(c2=O)Cc2cc4ccccc4nc2-3)[C@]1(CC)OC(=O)CCCCCn1cc(COCC(CC)(CC)COC)nn1.C=C1OCc2c(cc3n(c2=O)Cc2cc4ccccc4nc2-3)[C@]1(CC)OCn1cc(COCC(CC)(CC)COC)nn1.CCn1cc(CCOCC(CC)(CC)COCC(CC)(COC)COCCc2cn(CC)nn2)nn1. The Morgan fingerprint density at radius 1 is 0.461 bits per heavy atom. The molecule has 10 aromatic rings. The van der Waals surface area contributed by atoms with E-state index in [4.69, 9.17) is 66.8 Å². The Hall–Kier alpha value is -10.1. The number of nitrogens with zero attached hydrogens (tertiary/aromatic N) is 16. The molecule has 0 bridgehead atoms. The fourth-order valence-electron chi connectivity index (χ4n) is 17.4. The first-order valence-electron chi connectivity index (χ1n) is 45.8. The highest BCUT2D eigenvalue weighted by Gasteiger charge is 2.48. The van der Waals surface area contributed by atoms with Gasteiger partial charge in [0.05, 0.1) is 168 Å². The van der Waals surface area contributed by atoms with Crippen LogP contribution in [-0.2, 0) is 152 Å². The zero-order valence-corrected chi connectivity index (χ0v) is 77.9. The van der Waals surface area contributed by atoms with Crippen molar-refractivity contribution < 1.29 is 61.6 Å². The summed E-state index contributed by atoms with van der Waals surface area (Å²) in [6, 6.07) is 24.1. The molecule has 0 amide bonds. The average molecular weight is 1760 g/mol. The Morgan fingerprint density at radius 3 is 1.34 bits per heavy atom. The van der Waals surface area contributed by atoms with Crippen molar-refractivity contribution in [2.24, 2.45) is 21.7 Å². The number of carbonyl (C=O) groups is 1. The lowest BCUT2D eigenvalue weighted by molar-refractivity contribution is -0.164. The van der Waals surface area contributed by atoms with Gasteiger partial charge in [-0.2, -0.15) is 0 Å². The van der Waals surface area contributed by atoms with E-state index in [0.717, 1.165) is 162 Å². The summed E-state index contributed by atoms with van der Waals surface area (Å²) in [7, 11) is 5.19. The molecule has 31 nitrogen and oxygen atoms in total. The third-order valence-electron chi connectivity index (χ3n) is 26.6. The van der Waals surface area contributed by atoms with Crippen molar-refractivity contribution in [1.29, 1.82) is 0 Å². The predicted molar refractivity (Wildman–Crippen MR) is 487 cm³/mol. The number of unbranched alkanes of at least 4 members (excludes halogenated alkanes) is 2. The second kappa shape index (κ2) is 45.0. The number of pyridine rings is 4. The standard InChI is InChI=1S/C38H47N5O6.C33H39N5O5.C26H48N6O4/c1-6-37(7-2,24-46-5)25-47-22-29-21-42(41-40-29)17-13-9-10-16-34(44)49-38(8-3)26(4)48-23-30-31(38)19-33-35-28(20-43(33)36(30)45)18-27-14-11-12-15-32(27)39-35;1-6-32(7-2,19-40-5)20-41-17-25-16-37(36-35-25)21-43-33(8-3)22(4)42-18-26-27(33)14-29-30-24(15-38(29)31(26)39)13-23-11-9-10-12-28(23)34-30;1-7-25(8-2,19-34-14-12-23-16-31(10-4)29-27-23)20-36-22-26(9-3,18-33-6)21-35-15-13-24-17-32(11-5)30-28-24/h11-12,14-15,18-19,21H,4,6-10,13,16-17,20,22-25H2,1-3,5H3;9-14,16H,4,6-8,15,17-21H2,1-3,5H3;16-17H,7-15,18-22H2,1-6H3/t38-;33-;/m11./s1. The van der Waals surface area contributed by atoms with Crippen LogP contribution < -0.4 is 11.1 Å². The molecular weight excluding hydrogens is 1630 g/mol. The quantitative estimate of drug-likeness (QED) is 0.0252. The van der Waals surface area contributed by atoms with Crippen molar-refractivity contribution in [2.75, 3.05) is 94.0 Å². The molecule has 4 aliphatic rings. The number of hydrogen-bond acceptors (Lipinski definition) is 25. The summed E-state index contributed by atoms with van der Waals surface area (Å²) in [5.41, 5.74) is 10.0. The number of rotatable bonds is 49. The van der Waals surface area contributed by atoms with Gasteiger partial charge in [0.25, 0.3) is 11.1 Å². The molecule has 0 radical (unpaired) electrons. The average Bonchev–Trinajstić information content (AvgIpc) is 1.47. The molecule has 128 heavy (non-hydrogen) atoms. The van der Waals surface area contributed by atoms with Gasteiger partial charge in [0.1, 0.15) is 42.9 Å². The Labute approximate surface area is 751 Å². The van der Waals surface area contributed by atoms with Gasteiger partial charge in [-0.25, -0.2) is 14.6 Å². The van der Waals surface area contributed by atoms with Crippen LogP contribution in [0.25, 0.3) is 44.6 Å². The van der Waals surface area contributed by atoms with Crippen molar-refractivity contribution in [3.63, 3.8) is 0 Å². The molecule has 3 atom stereocenters. The maximum Gasteiger partial charge on any atom is 0.307 e. The first-order valence-corrected chi connectivity index (χ1v) is 45.8. The van der Waals surface area contributed by atoms with Crippen LogP contribution >= 0.6 is 0 Å². The minimum absolute atomic E-state index is 0.0143. The monoisotopic (exact) mass is 1760 g/mol. The summed E-state index contributed by atoms with van der Waals surface area (Å²) < 4.78 is 82.3. The molecule has 0 saturated heterocycles. The van der Waals surface area contributed by atoms with Crippen LogP contribution in [0.4, 0.5) is 0 Å². The third kappa shape index (κ3) is 22.3. The van der Waals surface area contributed by atoms with Gasteiger partial charge in [0.15, 0.2) is 11.2 Å². The number of aryl methyl sites for hydroxylation is 3. The minimum atomic E-state index is -1.25. The Balaban J connectivity index is 0.000000176. The highest BCUT2D eigenvalue weighted by atomic mass is 16.6. The lowest BCUT2D eigenvalue weighted by Crippen LogP contribution is -2.42. The summed E-state index contributed by atoms with van der Waals surface area (Å²) in [6.45, 7) is 42.8. The number of methoxy groups -OCH3 is 3. The maximum atomic E-state index is 13.8. The summed E-state index contributed by atoms with van der Waals surface area (Å²) in [6.07, 6.45) is 19.4. The number of carbonyl (C=O) groups excluding carboxylic acids is 1. The Morgan fingerprint density at radius 2 is 0.867 bits per heavy atom. The first kappa shape index (κ1) is 97.0. The van der Waals surface area contributed by atoms with E-state index in [-0.39, 0.29) is 65.1 Å². The number of para-hydroxylation sites is 2. The minimum Gasteiger partial charge on any atom is -0.490 e. The smallest absolute Gasteiger partial charge is 0.307 e. The largest absolute Gasteiger partial charge is 0.490 e. The molecule has 12 heterocycles. The van der Waals surface area contributed by atoms with Gasteiger partial charge < -0.3 is 66.0 Å². The van der Waals surface area contributed by atoms with Gasteiger partial charge in [0, 0.05) is 127 Å². The van der Waals surface area contributed by atoms with Crippen LogP contribution in [0.2, 0.25) is 0 Å². The predicted octanol–water partition coefficient (Wildman–Crippen LogP) is 15.3. The number of aromatic nitrogens is 16. The molecule has 0 aliphatic carbocycles. The number of fused-ring (bicyclic) bond motifs is 10. The van der Waals surface area contributed by atoms with E-state index in [1.807, 2.05) is 120 Å². The number of hydrogen-bond donors (Lipinski definition) is 0. The van der Waals surface area contributed by atoms with E-state index in [1.54, 1.807) is 35.1 Å². The summed E-state index contributed by atoms with van der Waals surface area (Å²) in [5.74, 6) is 0.451. The molecule has 4 aliphatic heterocycles. The normalized spacial score (nSPS) is 16.2. The fraction of sp³-hybridized carbons (Fsp3) is 0.577. The highest BCUT2D eigenvalue weighted by Crippen LogP contribution is 2.48. The van der Waals surface area contributed by atoms with E-state index in [0.29, 0.717) is 159 Å². The second-order valence-corrected chi connectivity index (χ2v) is 34.6. The molecule has 692 valence electrons. The van der Waals surface area contributed by atoms with Gasteiger partial charge in [0.2, 0.25) is 0 Å². The summed E-state index contributed by atoms with van der Waals surface area (Å²) in [5, 5.41) is 35.7.